The van der Waals surface area contributed by atoms with Crippen molar-refractivity contribution in [2.75, 3.05) is 13.1 Å². The molecule has 6 heteroatoms. The van der Waals surface area contributed by atoms with E-state index in [1.54, 1.807) is 6.07 Å². The van der Waals surface area contributed by atoms with Gasteiger partial charge in [-0.2, -0.15) is 0 Å². The average Bonchev–Trinajstić information content (AvgIpc) is 3.31. The van der Waals surface area contributed by atoms with Gasteiger partial charge >= 0.3 is 0 Å². The van der Waals surface area contributed by atoms with Crippen molar-refractivity contribution in [2.24, 2.45) is 5.92 Å². The van der Waals surface area contributed by atoms with Crippen LogP contribution in [-0.4, -0.2) is 29.8 Å². The summed E-state index contributed by atoms with van der Waals surface area (Å²) in [5, 5.41) is 3.96. The Morgan fingerprint density at radius 2 is 1.96 bits per heavy atom. The van der Waals surface area contributed by atoms with Crippen LogP contribution in [0.3, 0.4) is 0 Å². The molecule has 0 radical (unpaired) electrons. The molecule has 1 aliphatic carbocycles. The molecule has 1 aliphatic heterocycles. The van der Waals surface area contributed by atoms with Gasteiger partial charge < -0.3 is 10.2 Å². The summed E-state index contributed by atoms with van der Waals surface area (Å²) in [5.41, 5.74) is 1.04. The second kappa shape index (κ2) is 7.75. The third kappa shape index (κ3) is 4.22. The highest BCUT2D eigenvalue weighted by Crippen LogP contribution is 2.35. The maximum atomic E-state index is 12.5. The van der Waals surface area contributed by atoms with Crippen LogP contribution in [-0.2, 0) is 9.59 Å². The first-order valence-corrected chi connectivity index (χ1v) is 9.34. The maximum absolute atomic E-state index is 12.5. The molecule has 2 fully saturated rings. The van der Waals surface area contributed by atoms with Crippen molar-refractivity contribution >= 4 is 35.0 Å². The molecule has 0 aromatic heterocycles. The normalized spacial score (nSPS) is 20.2. The third-order valence-electron chi connectivity index (χ3n) is 4.72. The number of amides is 2. The first-order valence-electron chi connectivity index (χ1n) is 8.58. The van der Waals surface area contributed by atoms with Crippen LogP contribution in [0.25, 0.3) is 0 Å². The highest BCUT2D eigenvalue weighted by atomic mass is 35.5. The van der Waals surface area contributed by atoms with Gasteiger partial charge in [-0.3, -0.25) is 9.59 Å². The van der Waals surface area contributed by atoms with Crippen molar-refractivity contribution in [1.29, 1.82) is 0 Å². The topological polar surface area (TPSA) is 49.4 Å². The van der Waals surface area contributed by atoms with Crippen LogP contribution < -0.4 is 5.32 Å². The fraction of sp³-hybridized carbons (Fsp3) is 0.556. The molecule has 1 saturated carbocycles. The van der Waals surface area contributed by atoms with Gasteiger partial charge in [-0.05, 0) is 49.8 Å². The lowest BCUT2D eigenvalue weighted by Crippen LogP contribution is -2.32. The Morgan fingerprint density at radius 1 is 1.17 bits per heavy atom. The van der Waals surface area contributed by atoms with E-state index >= 15 is 0 Å². The van der Waals surface area contributed by atoms with Gasteiger partial charge in [0.2, 0.25) is 11.8 Å². The lowest BCUT2D eigenvalue weighted by molar-refractivity contribution is -0.132. The number of hydrogen-bond donors (Lipinski definition) is 1. The zero-order valence-corrected chi connectivity index (χ0v) is 15.1. The Labute approximate surface area is 152 Å². The predicted octanol–water partition coefficient (Wildman–Crippen LogP) is 3.96. The molecular weight excluding hydrogens is 347 g/mol. The van der Waals surface area contributed by atoms with Crippen LogP contribution in [0.2, 0.25) is 10.0 Å². The maximum Gasteiger partial charge on any atom is 0.223 e. The number of benzene rings is 1. The van der Waals surface area contributed by atoms with Gasteiger partial charge in [0.05, 0.1) is 16.1 Å². The van der Waals surface area contributed by atoms with Crippen molar-refractivity contribution in [2.45, 2.75) is 44.6 Å². The summed E-state index contributed by atoms with van der Waals surface area (Å²) >= 11 is 12.1. The number of likely N-dealkylation sites (tertiary alicyclic amines) is 1. The number of rotatable bonds is 6. The summed E-state index contributed by atoms with van der Waals surface area (Å²) in [6.07, 6.45) is 5.09. The number of carbonyl (C=O) groups excluding carboxylic acids is 2. The van der Waals surface area contributed by atoms with Crippen molar-refractivity contribution in [3.8, 4) is 0 Å². The SMILES string of the molecule is O=C(NCCCC(=O)N1CCC[C@H]1c1ccc(Cl)c(Cl)c1)C1CC1. The van der Waals surface area contributed by atoms with E-state index in [1.165, 1.54) is 0 Å². The Balaban J connectivity index is 1.51. The number of nitrogens with zero attached hydrogens (tertiary/aromatic N) is 1. The fourth-order valence-corrected chi connectivity index (χ4v) is 3.52. The summed E-state index contributed by atoms with van der Waals surface area (Å²) < 4.78 is 0. The molecule has 0 spiro atoms. The Morgan fingerprint density at radius 3 is 2.67 bits per heavy atom. The van der Waals surface area contributed by atoms with E-state index in [2.05, 4.69) is 5.32 Å². The van der Waals surface area contributed by atoms with E-state index in [4.69, 9.17) is 23.2 Å². The van der Waals surface area contributed by atoms with E-state index in [0.29, 0.717) is 29.4 Å². The molecular formula is C18H22Cl2N2O2. The van der Waals surface area contributed by atoms with Gasteiger partial charge in [0.1, 0.15) is 0 Å². The average molecular weight is 369 g/mol. The molecule has 2 amide bonds. The van der Waals surface area contributed by atoms with Crippen molar-refractivity contribution in [1.82, 2.24) is 10.2 Å². The minimum atomic E-state index is 0.0771. The Kier molecular flexibility index (Phi) is 5.67. The van der Waals surface area contributed by atoms with Crippen LogP contribution in [0.15, 0.2) is 18.2 Å². The molecule has 24 heavy (non-hydrogen) atoms. The summed E-state index contributed by atoms with van der Waals surface area (Å²) in [6, 6.07) is 5.66. The van der Waals surface area contributed by atoms with Gasteiger partial charge in [-0.1, -0.05) is 29.3 Å². The second-order valence-electron chi connectivity index (χ2n) is 6.59. The monoisotopic (exact) mass is 368 g/mol. The lowest BCUT2D eigenvalue weighted by atomic mass is 10.0. The van der Waals surface area contributed by atoms with Gasteiger partial charge in [0.25, 0.3) is 0 Å². The van der Waals surface area contributed by atoms with Gasteiger partial charge in [-0.15, -0.1) is 0 Å². The zero-order chi connectivity index (χ0) is 17.1. The minimum absolute atomic E-state index is 0.0771. The van der Waals surface area contributed by atoms with Crippen molar-refractivity contribution in [3.63, 3.8) is 0 Å². The van der Waals surface area contributed by atoms with E-state index < -0.39 is 0 Å². The molecule has 1 atom stereocenters. The van der Waals surface area contributed by atoms with Crippen molar-refractivity contribution < 1.29 is 9.59 Å². The minimum Gasteiger partial charge on any atom is -0.356 e. The lowest BCUT2D eigenvalue weighted by Gasteiger charge is -2.25. The standard InChI is InChI=1S/C18H22Cl2N2O2/c19-14-8-7-13(11-15(14)20)16-3-2-10-22(16)17(23)4-1-9-21-18(24)12-5-6-12/h7-8,11-12,16H,1-6,9-10H2,(H,21,24)/t16-/m0/s1. The van der Waals surface area contributed by atoms with Crippen LogP contribution in [0.1, 0.15) is 50.1 Å². The van der Waals surface area contributed by atoms with E-state index in [1.807, 2.05) is 17.0 Å². The molecule has 4 nitrogen and oxygen atoms in total. The molecule has 0 bridgehead atoms. The van der Waals surface area contributed by atoms with Gasteiger partial charge in [0, 0.05) is 25.4 Å². The van der Waals surface area contributed by atoms with Crippen LogP contribution >= 0.6 is 23.2 Å². The van der Waals surface area contributed by atoms with E-state index in [-0.39, 0.29) is 23.8 Å². The Hall–Kier alpha value is -1.26. The molecule has 0 unspecified atom stereocenters. The first kappa shape index (κ1) is 17.6. The Bertz CT molecular complexity index is 631. The van der Waals surface area contributed by atoms with Gasteiger partial charge in [-0.25, -0.2) is 0 Å². The molecule has 2 aliphatic rings. The fourth-order valence-electron chi connectivity index (χ4n) is 3.22. The molecule has 1 aromatic carbocycles. The van der Waals surface area contributed by atoms with E-state index in [0.717, 1.165) is 37.8 Å². The van der Waals surface area contributed by atoms with Crippen molar-refractivity contribution in [3.05, 3.63) is 33.8 Å². The molecule has 1 heterocycles. The zero-order valence-electron chi connectivity index (χ0n) is 13.6. The summed E-state index contributed by atoms with van der Waals surface area (Å²) in [6.45, 7) is 1.35. The number of nitrogens with one attached hydrogen (secondary N) is 1. The summed E-state index contributed by atoms with van der Waals surface area (Å²) in [7, 11) is 0. The van der Waals surface area contributed by atoms with Gasteiger partial charge in [0.15, 0.2) is 0 Å². The molecule has 130 valence electrons. The molecule has 1 N–H and O–H groups in total. The third-order valence-corrected chi connectivity index (χ3v) is 5.46. The largest absolute Gasteiger partial charge is 0.356 e. The highest BCUT2D eigenvalue weighted by molar-refractivity contribution is 6.42. The number of halogens is 2. The number of carbonyl (C=O) groups is 2. The quantitative estimate of drug-likeness (QED) is 0.772. The predicted molar refractivity (Wildman–Crippen MR) is 95.1 cm³/mol. The molecule has 1 aromatic rings. The number of hydrogen-bond acceptors (Lipinski definition) is 2. The van der Waals surface area contributed by atoms with Crippen LogP contribution in [0, 0.1) is 5.92 Å². The first-order chi connectivity index (χ1) is 11.6. The summed E-state index contributed by atoms with van der Waals surface area (Å²) in [5.74, 6) is 0.500. The summed E-state index contributed by atoms with van der Waals surface area (Å²) in [4.78, 5) is 26.0. The van der Waals surface area contributed by atoms with Crippen LogP contribution in [0.4, 0.5) is 0 Å². The second-order valence-corrected chi connectivity index (χ2v) is 7.40. The molecule has 3 rings (SSSR count). The highest BCUT2D eigenvalue weighted by Gasteiger charge is 2.31. The molecule has 1 saturated heterocycles. The van der Waals surface area contributed by atoms with Crippen LogP contribution in [0.5, 0.6) is 0 Å². The van der Waals surface area contributed by atoms with E-state index in [9.17, 15) is 9.59 Å². The smallest absolute Gasteiger partial charge is 0.223 e.